The highest BCUT2D eigenvalue weighted by molar-refractivity contribution is 5.81. The Labute approximate surface area is 95.1 Å². The Bertz CT molecular complexity index is 245. The minimum Gasteiger partial charge on any atom is -0.460 e. The summed E-state index contributed by atoms with van der Waals surface area (Å²) in [4.78, 5) is 10.5. The van der Waals surface area contributed by atoms with Crippen LogP contribution in [0.1, 0.15) is 0 Å². The van der Waals surface area contributed by atoms with Crippen molar-refractivity contribution in [3.8, 4) is 0 Å². The number of halogens is 4. The summed E-state index contributed by atoms with van der Waals surface area (Å²) in [6.07, 6.45) is -7.40. The van der Waals surface area contributed by atoms with Gasteiger partial charge in [-0.05, 0) is 0 Å². The second kappa shape index (κ2) is 8.02. The molecule has 0 radical (unpaired) electrons. The fourth-order valence-corrected chi connectivity index (χ4v) is 0.662. The van der Waals surface area contributed by atoms with Gasteiger partial charge in [-0.1, -0.05) is 6.58 Å². The Morgan fingerprint density at radius 2 is 1.82 bits per heavy atom. The summed E-state index contributed by atoms with van der Waals surface area (Å²) in [7, 11) is 0. The van der Waals surface area contributed by atoms with Crippen molar-refractivity contribution in [3.63, 3.8) is 0 Å². The second-order valence-corrected chi connectivity index (χ2v) is 2.69. The lowest BCUT2D eigenvalue weighted by molar-refractivity contribution is -0.303. The zero-order chi connectivity index (χ0) is 13.3. The largest absolute Gasteiger partial charge is 0.460 e. The van der Waals surface area contributed by atoms with Crippen LogP contribution in [0, 0.1) is 0 Å². The molecule has 0 amide bonds. The van der Waals surface area contributed by atoms with E-state index >= 15 is 0 Å². The molecule has 100 valence electrons. The first kappa shape index (κ1) is 15.9. The summed E-state index contributed by atoms with van der Waals surface area (Å²) in [5.41, 5.74) is 0. The van der Waals surface area contributed by atoms with E-state index < -0.39 is 25.1 Å². The first-order valence-electron chi connectivity index (χ1n) is 4.57. The summed E-state index contributed by atoms with van der Waals surface area (Å²) >= 11 is 0. The number of carbonyl (C=O) groups excluding carboxylic acids is 1. The Balaban J connectivity index is 3.41. The molecule has 0 aromatic rings. The van der Waals surface area contributed by atoms with Crippen LogP contribution in [0.4, 0.5) is 17.6 Å². The van der Waals surface area contributed by atoms with Crippen LogP contribution in [-0.4, -0.2) is 44.9 Å². The Morgan fingerprint density at radius 3 is 2.35 bits per heavy atom. The lowest BCUT2D eigenvalue weighted by Gasteiger charge is -2.15. The van der Waals surface area contributed by atoms with Crippen molar-refractivity contribution in [2.45, 2.75) is 12.5 Å². The maximum absolute atomic E-state index is 12.2. The van der Waals surface area contributed by atoms with Gasteiger partial charge in [-0.25, -0.2) is 13.6 Å². The van der Waals surface area contributed by atoms with Gasteiger partial charge in [0, 0.05) is 6.08 Å². The van der Waals surface area contributed by atoms with Gasteiger partial charge < -0.3 is 14.2 Å². The number of hydrogen-bond acceptors (Lipinski definition) is 4. The number of rotatable bonds is 9. The molecular formula is C9H12F4O4. The molecule has 0 bridgehead atoms. The van der Waals surface area contributed by atoms with Crippen LogP contribution >= 0.6 is 0 Å². The minimum absolute atomic E-state index is 0.0524. The molecule has 0 unspecified atom stereocenters. The summed E-state index contributed by atoms with van der Waals surface area (Å²) < 4.78 is 60.3. The van der Waals surface area contributed by atoms with Gasteiger partial charge in [0.15, 0.2) is 0 Å². The van der Waals surface area contributed by atoms with Gasteiger partial charge in [0.1, 0.15) is 6.61 Å². The molecule has 4 nitrogen and oxygen atoms in total. The van der Waals surface area contributed by atoms with E-state index in [0.29, 0.717) is 0 Å². The maximum Gasteiger partial charge on any atom is 0.416 e. The van der Waals surface area contributed by atoms with Crippen LogP contribution in [0.25, 0.3) is 0 Å². The van der Waals surface area contributed by atoms with Crippen molar-refractivity contribution in [2.75, 3.05) is 26.4 Å². The number of esters is 1. The summed E-state index contributed by atoms with van der Waals surface area (Å²) in [6, 6.07) is 0. The van der Waals surface area contributed by atoms with Gasteiger partial charge in [0.25, 0.3) is 0 Å². The van der Waals surface area contributed by atoms with Crippen LogP contribution < -0.4 is 0 Å². The van der Waals surface area contributed by atoms with E-state index in [1.54, 1.807) is 0 Å². The quantitative estimate of drug-likeness (QED) is 0.273. The number of carbonyl (C=O) groups is 1. The summed E-state index contributed by atoms with van der Waals surface area (Å²) in [5, 5.41) is 0. The molecule has 0 aliphatic rings. The lowest BCUT2D eigenvalue weighted by atomic mass is 10.6. The molecule has 0 heterocycles. The molecule has 17 heavy (non-hydrogen) atoms. The van der Waals surface area contributed by atoms with Crippen molar-refractivity contribution in [1.29, 1.82) is 0 Å². The zero-order valence-corrected chi connectivity index (χ0v) is 8.84. The molecule has 0 saturated heterocycles. The molecular weight excluding hydrogens is 248 g/mol. The van der Waals surface area contributed by atoms with Crippen LogP contribution in [0.3, 0.4) is 0 Å². The standard InChI is InChI=1S/C9H12F4O4/c1-2-7(14)16-5-3-15-4-6-17-9(12,13)8(10)11/h2,8H,1,3-6H2. The highest BCUT2D eigenvalue weighted by Crippen LogP contribution is 2.23. The zero-order valence-electron chi connectivity index (χ0n) is 8.84. The van der Waals surface area contributed by atoms with Crippen molar-refractivity contribution < 1.29 is 36.6 Å². The highest BCUT2D eigenvalue weighted by atomic mass is 19.3. The van der Waals surface area contributed by atoms with Crippen molar-refractivity contribution in [1.82, 2.24) is 0 Å². The van der Waals surface area contributed by atoms with Crippen LogP contribution in [0.15, 0.2) is 12.7 Å². The van der Waals surface area contributed by atoms with E-state index in [2.05, 4.69) is 20.8 Å². The molecule has 0 atom stereocenters. The molecule has 0 aromatic carbocycles. The SMILES string of the molecule is C=CC(=O)OCCOCCOC(F)(F)C(F)F. The van der Waals surface area contributed by atoms with Crippen molar-refractivity contribution in [2.24, 2.45) is 0 Å². The number of ether oxygens (including phenoxy) is 3. The molecule has 0 rings (SSSR count). The van der Waals surface area contributed by atoms with E-state index in [4.69, 9.17) is 0 Å². The molecule has 0 saturated carbocycles. The molecule has 0 aromatic heterocycles. The maximum atomic E-state index is 12.2. The third-order valence-electron chi connectivity index (χ3n) is 1.41. The van der Waals surface area contributed by atoms with Gasteiger partial charge in [-0.3, -0.25) is 0 Å². The first-order valence-corrected chi connectivity index (χ1v) is 4.57. The van der Waals surface area contributed by atoms with Crippen LogP contribution in [0.5, 0.6) is 0 Å². The smallest absolute Gasteiger partial charge is 0.416 e. The molecule has 0 aliphatic carbocycles. The van der Waals surface area contributed by atoms with E-state index in [1.807, 2.05) is 0 Å². The molecule has 8 heteroatoms. The monoisotopic (exact) mass is 260 g/mol. The number of hydrogen-bond donors (Lipinski definition) is 0. The Kier molecular flexibility index (Phi) is 7.47. The highest BCUT2D eigenvalue weighted by Gasteiger charge is 2.41. The summed E-state index contributed by atoms with van der Waals surface area (Å²) in [5.74, 6) is -0.644. The predicted molar refractivity (Wildman–Crippen MR) is 48.9 cm³/mol. The Hall–Kier alpha value is -1.15. The third-order valence-corrected chi connectivity index (χ3v) is 1.41. The van der Waals surface area contributed by atoms with Gasteiger partial charge in [0.05, 0.1) is 19.8 Å². The van der Waals surface area contributed by atoms with E-state index in [1.165, 1.54) is 0 Å². The van der Waals surface area contributed by atoms with Crippen molar-refractivity contribution >= 4 is 5.97 Å². The molecule has 0 N–H and O–H groups in total. The van der Waals surface area contributed by atoms with Crippen molar-refractivity contribution in [3.05, 3.63) is 12.7 Å². The van der Waals surface area contributed by atoms with Gasteiger partial charge in [0.2, 0.25) is 0 Å². The van der Waals surface area contributed by atoms with Crippen LogP contribution in [0.2, 0.25) is 0 Å². The average Bonchev–Trinajstić information content (AvgIpc) is 2.27. The fourth-order valence-electron chi connectivity index (χ4n) is 0.662. The van der Waals surface area contributed by atoms with Gasteiger partial charge >= 0.3 is 18.5 Å². The molecule has 0 fully saturated rings. The topological polar surface area (TPSA) is 44.8 Å². The normalized spacial score (nSPS) is 11.6. The van der Waals surface area contributed by atoms with E-state index in [9.17, 15) is 22.4 Å². The van der Waals surface area contributed by atoms with E-state index in [-0.39, 0.29) is 19.8 Å². The van der Waals surface area contributed by atoms with E-state index in [0.717, 1.165) is 6.08 Å². The molecule has 0 spiro atoms. The molecule has 0 aliphatic heterocycles. The second-order valence-electron chi connectivity index (χ2n) is 2.69. The predicted octanol–water partition coefficient (Wildman–Crippen LogP) is 1.61. The summed E-state index contributed by atoms with van der Waals surface area (Å²) in [6.45, 7) is 2.00. The fraction of sp³-hybridized carbons (Fsp3) is 0.667. The average molecular weight is 260 g/mol. The third kappa shape index (κ3) is 7.70. The Morgan fingerprint density at radius 1 is 1.24 bits per heavy atom. The number of alkyl halides is 4. The van der Waals surface area contributed by atoms with Gasteiger partial charge in [-0.2, -0.15) is 8.78 Å². The lowest BCUT2D eigenvalue weighted by Crippen LogP contribution is -2.31. The van der Waals surface area contributed by atoms with Gasteiger partial charge in [-0.15, -0.1) is 0 Å². The first-order chi connectivity index (χ1) is 7.90. The minimum atomic E-state index is -4.47. The van der Waals surface area contributed by atoms with Crippen LogP contribution in [-0.2, 0) is 19.0 Å².